The molecule has 2 aromatic rings. The average Bonchev–Trinajstić information content (AvgIpc) is 2.87. The summed E-state index contributed by atoms with van der Waals surface area (Å²) in [6.07, 6.45) is 0. The summed E-state index contributed by atoms with van der Waals surface area (Å²) in [7, 11) is 0. The molecule has 0 amide bonds. The summed E-state index contributed by atoms with van der Waals surface area (Å²) in [5, 5.41) is 16.5. The number of rotatable bonds is 3. The van der Waals surface area contributed by atoms with Crippen molar-refractivity contribution in [2.24, 2.45) is 5.73 Å². The Morgan fingerprint density at radius 2 is 2.32 bits per heavy atom. The van der Waals surface area contributed by atoms with Crippen molar-refractivity contribution in [3.63, 3.8) is 0 Å². The van der Waals surface area contributed by atoms with Crippen molar-refractivity contribution in [2.75, 3.05) is 6.61 Å². The van der Waals surface area contributed by atoms with Crippen molar-refractivity contribution in [1.82, 2.24) is 10.2 Å². The Morgan fingerprint density at radius 1 is 1.50 bits per heavy atom. The van der Waals surface area contributed by atoms with Crippen molar-refractivity contribution in [3.8, 4) is 17.7 Å². The van der Waals surface area contributed by atoms with Gasteiger partial charge >= 0.3 is 0 Å². The second-order valence-electron chi connectivity index (χ2n) is 5.00. The van der Waals surface area contributed by atoms with Gasteiger partial charge in [0.25, 0.3) is 0 Å². The molecular weight excluding hydrogens is 280 g/mol. The van der Waals surface area contributed by atoms with Crippen molar-refractivity contribution in [3.05, 3.63) is 52.5 Å². The van der Waals surface area contributed by atoms with Crippen LogP contribution in [0.2, 0.25) is 0 Å². The number of nitrogens with one attached hydrogen (secondary N) is 1. The van der Waals surface area contributed by atoms with Gasteiger partial charge < -0.3 is 15.2 Å². The first-order chi connectivity index (χ1) is 10.7. The van der Waals surface area contributed by atoms with Crippen LogP contribution in [0.4, 0.5) is 0 Å². The molecule has 22 heavy (non-hydrogen) atoms. The van der Waals surface area contributed by atoms with E-state index in [1.807, 2.05) is 38.1 Å². The van der Waals surface area contributed by atoms with E-state index in [0.717, 1.165) is 22.6 Å². The van der Waals surface area contributed by atoms with Crippen LogP contribution >= 0.6 is 0 Å². The molecule has 0 spiro atoms. The predicted molar refractivity (Wildman–Crippen MR) is 80.2 cm³/mol. The lowest BCUT2D eigenvalue weighted by Gasteiger charge is -2.23. The topological polar surface area (TPSA) is 96.9 Å². The Bertz CT molecular complexity index is 786. The highest BCUT2D eigenvalue weighted by atomic mass is 16.5. The number of fused-ring (bicyclic) bond motifs is 1. The van der Waals surface area contributed by atoms with E-state index < -0.39 is 0 Å². The smallest absolute Gasteiger partial charge is 0.244 e. The number of aryl methyl sites for hydroxylation is 1. The van der Waals surface area contributed by atoms with Crippen LogP contribution < -0.4 is 15.2 Å². The van der Waals surface area contributed by atoms with Crippen LogP contribution in [0.25, 0.3) is 0 Å². The van der Waals surface area contributed by atoms with Crippen LogP contribution in [-0.2, 0) is 0 Å². The third-order valence-corrected chi connectivity index (χ3v) is 3.63. The highest BCUT2D eigenvalue weighted by Gasteiger charge is 2.34. The van der Waals surface area contributed by atoms with Crippen molar-refractivity contribution >= 4 is 0 Å². The zero-order chi connectivity index (χ0) is 15.7. The molecule has 112 valence electrons. The minimum absolute atomic E-state index is 0.0910. The highest BCUT2D eigenvalue weighted by Crippen LogP contribution is 2.43. The number of benzene rings is 1. The van der Waals surface area contributed by atoms with Gasteiger partial charge in [-0.25, -0.2) is 0 Å². The summed E-state index contributed by atoms with van der Waals surface area (Å²) in [4.78, 5) is 0. The number of ether oxygens (including phenoxy) is 2. The summed E-state index contributed by atoms with van der Waals surface area (Å²) in [5.41, 5.74) is 8.87. The van der Waals surface area contributed by atoms with Gasteiger partial charge in [-0.3, -0.25) is 5.10 Å². The Kier molecular flexibility index (Phi) is 3.47. The molecule has 1 aromatic carbocycles. The molecule has 3 N–H and O–H groups in total. The summed E-state index contributed by atoms with van der Waals surface area (Å²) in [6.45, 7) is 4.40. The van der Waals surface area contributed by atoms with Gasteiger partial charge in [-0.1, -0.05) is 12.1 Å². The SMILES string of the molecule is CCOc1cccc([C@H]2C(C#N)=C(N)Oc3n[nH]c(C)c32)c1. The molecule has 0 aliphatic carbocycles. The molecule has 0 saturated carbocycles. The van der Waals surface area contributed by atoms with E-state index in [1.54, 1.807) is 0 Å². The fraction of sp³-hybridized carbons (Fsp3) is 0.250. The number of aromatic amines is 1. The first-order valence-electron chi connectivity index (χ1n) is 7.01. The van der Waals surface area contributed by atoms with Gasteiger partial charge in [0.1, 0.15) is 17.4 Å². The first-order valence-corrected chi connectivity index (χ1v) is 7.01. The number of nitrogens with two attached hydrogens (primary N) is 1. The second kappa shape index (κ2) is 5.45. The second-order valence-corrected chi connectivity index (χ2v) is 5.00. The van der Waals surface area contributed by atoms with Crippen molar-refractivity contribution in [1.29, 1.82) is 5.26 Å². The lowest BCUT2D eigenvalue weighted by molar-refractivity contribution is 0.339. The van der Waals surface area contributed by atoms with E-state index in [2.05, 4.69) is 16.3 Å². The zero-order valence-corrected chi connectivity index (χ0v) is 12.4. The van der Waals surface area contributed by atoms with Gasteiger partial charge in [0.15, 0.2) is 0 Å². The Hall–Kier alpha value is -2.94. The molecule has 1 aliphatic rings. The molecule has 0 bridgehead atoms. The van der Waals surface area contributed by atoms with E-state index in [9.17, 15) is 5.26 Å². The van der Waals surface area contributed by atoms with Crippen LogP contribution in [0.5, 0.6) is 11.6 Å². The normalized spacial score (nSPS) is 16.7. The van der Waals surface area contributed by atoms with Crippen molar-refractivity contribution in [2.45, 2.75) is 19.8 Å². The molecule has 0 unspecified atom stereocenters. The number of H-pyrrole nitrogens is 1. The maximum atomic E-state index is 9.49. The summed E-state index contributed by atoms with van der Waals surface area (Å²) in [6, 6.07) is 9.80. The van der Waals surface area contributed by atoms with E-state index in [4.69, 9.17) is 15.2 Å². The van der Waals surface area contributed by atoms with Gasteiger partial charge in [-0.2, -0.15) is 5.26 Å². The molecule has 6 nitrogen and oxygen atoms in total. The fourth-order valence-electron chi connectivity index (χ4n) is 2.68. The monoisotopic (exact) mass is 296 g/mol. The average molecular weight is 296 g/mol. The van der Waals surface area contributed by atoms with E-state index in [-0.39, 0.29) is 11.8 Å². The molecule has 0 fully saturated rings. The summed E-state index contributed by atoms with van der Waals surface area (Å²) in [5.74, 6) is 0.951. The molecule has 0 radical (unpaired) electrons. The van der Waals surface area contributed by atoms with Gasteiger partial charge in [-0.05, 0) is 31.5 Å². The lowest BCUT2D eigenvalue weighted by Crippen LogP contribution is -2.21. The van der Waals surface area contributed by atoms with Crippen LogP contribution in [0.15, 0.2) is 35.7 Å². The minimum atomic E-state index is -0.312. The number of aromatic nitrogens is 2. The van der Waals surface area contributed by atoms with E-state index in [0.29, 0.717) is 18.1 Å². The van der Waals surface area contributed by atoms with Gasteiger partial charge in [0.05, 0.1) is 12.5 Å². The fourth-order valence-corrected chi connectivity index (χ4v) is 2.68. The van der Waals surface area contributed by atoms with Gasteiger partial charge in [-0.15, -0.1) is 5.10 Å². The zero-order valence-electron chi connectivity index (χ0n) is 12.4. The largest absolute Gasteiger partial charge is 0.494 e. The third kappa shape index (κ3) is 2.17. The van der Waals surface area contributed by atoms with Gasteiger partial charge in [0, 0.05) is 11.3 Å². The molecule has 3 rings (SSSR count). The molecular formula is C16H16N4O2. The molecule has 6 heteroatoms. The number of nitriles is 1. The first kappa shape index (κ1) is 14.0. The summed E-state index contributed by atoms with van der Waals surface area (Å²) < 4.78 is 11.0. The van der Waals surface area contributed by atoms with E-state index >= 15 is 0 Å². The van der Waals surface area contributed by atoms with Crippen LogP contribution in [0.1, 0.15) is 29.7 Å². The van der Waals surface area contributed by atoms with Crippen LogP contribution in [0, 0.1) is 18.3 Å². The van der Waals surface area contributed by atoms with Crippen molar-refractivity contribution < 1.29 is 9.47 Å². The Morgan fingerprint density at radius 3 is 3.05 bits per heavy atom. The molecule has 1 aromatic heterocycles. The minimum Gasteiger partial charge on any atom is -0.494 e. The predicted octanol–water partition coefficient (Wildman–Crippen LogP) is 2.33. The molecule has 1 atom stereocenters. The third-order valence-electron chi connectivity index (χ3n) is 3.63. The van der Waals surface area contributed by atoms with E-state index in [1.165, 1.54) is 0 Å². The number of allylic oxidation sites excluding steroid dienone is 1. The van der Waals surface area contributed by atoms with Gasteiger partial charge in [0.2, 0.25) is 11.8 Å². The van der Waals surface area contributed by atoms with Crippen LogP contribution in [-0.4, -0.2) is 16.8 Å². The lowest BCUT2D eigenvalue weighted by atomic mass is 9.84. The maximum Gasteiger partial charge on any atom is 0.244 e. The molecule has 1 aliphatic heterocycles. The number of hydrogen-bond acceptors (Lipinski definition) is 5. The molecule has 2 heterocycles. The number of hydrogen-bond donors (Lipinski definition) is 2. The highest BCUT2D eigenvalue weighted by molar-refractivity contribution is 5.55. The standard InChI is InChI=1S/C16H16N4O2/c1-3-21-11-6-4-5-10(7-11)14-12(8-17)15(18)22-16-13(14)9(2)19-20-16/h4-7,14H,3,18H2,1-2H3,(H,19,20)/t14-/m0/s1. The summed E-state index contributed by atoms with van der Waals surface area (Å²) >= 11 is 0. The Balaban J connectivity index is 2.16. The maximum absolute atomic E-state index is 9.49. The van der Waals surface area contributed by atoms with Crippen LogP contribution in [0.3, 0.4) is 0 Å². The molecule has 0 saturated heterocycles. The Labute approximate surface area is 128 Å². The number of nitrogens with zero attached hydrogens (tertiary/aromatic N) is 2. The quantitative estimate of drug-likeness (QED) is 0.906.